The lowest BCUT2D eigenvalue weighted by molar-refractivity contribution is -0.126. The van der Waals surface area contributed by atoms with E-state index in [9.17, 15) is 4.79 Å². The van der Waals surface area contributed by atoms with E-state index in [1.54, 1.807) is 18.6 Å². The van der Waals surface area contributed by atoms with E-state index in [-0.39, 0.29) is 17.9 Å². The van der Waals surface area contributed by atoms with Crippen LogP contribution in [-0.2, 0) is 4.79 Å². The molecule has 0 spiro atoms. The maximum Gasteiger partial charge on any atom is 0.223 e. The first-order chi connectivity index (χ1) is 12.6. The molecule has 1 amide bonds. The topological polar surface area (TPSA) is 67.3 Å². The number of nitrogens with zero attached hydrogens (tertiary/aromatic N) is 3. The molecule has 1 N–H and O–H groups in total. The Morgan fingerprint density at radius 3 is 2.65 bits per heavy atom. The summed E-state index contributed by atoms with van der Waals surface area (Å²) < 4.78 is 5.75. The Morgan fingerprint density at radius 1 is 1.27 bits per heavy atom. The van der Waals surface area contributed by atoms with Crippen molar-refractivity contribution in [2.45, 2.75) is 32.7 Å². The Bertz CT molecular complexity index is 698. The first-order valence-corrected chi connectivity index (χ1v) is 9.12. The number of rotatable bonds is 6. The average molecular weight is 354 g/mol. The predicted octanol–water partition coefficient (Wildman–Crippen LogP) is 2.59. The van der Waals surface area contributed by atoms with Crippen LogP contribution < -0.4 is 15.0 Å². The summed E-state index contributed by atoms with van der Waals surface area (Å²) in [6.07, 6.45) is 6.79. The van der Waals surface area contributed by atoms with Crippen molar-refractivity contribution in [2.24, 2.45) is 5.92 Å². The Labute approximate surface area is 154 Å². The highest BCUT2D eigenvalue weighted by atomic mass is 16.5. The van der Waals surface area contributed by atoms with Crippen molar-refractivity contribution in [2.75, 3.05) is 24.6 Å². The van der Waals surface area contributed by atoms with Gasteiger partial charge in [-0.05, 0) is 38.8 Å². The highest BCUT2D eigenvalue weighted by Crippen LogP contribution is 2.21. The zero-order valence-corrected chi connectivity index (χ0v) is 15.4. The SMILES string of the molecule is Cc1ccc(OCC(C)NC(=O)C2CCN(c3cnccn3)CC2)cc1. The average Bonchev–Trinajstić information content (AvgIpc) is 2.68. The second kappa shape index (κ2) is 8.65. The molecule has 2 aromatic rings. The fraction of sp³-hybridized carbons (Fsp3) is 0.450. The van der Waals surface area contributed by atoms with Crippen LogP contribution in [0.2, 0.25) is 0 Å². The summed E-state index contributed by atoms with van der Waals surface area (Å²) in [6.45, 7) is 6.13. The van der Waals surface area contributed by atoms with E-state index in [0.29, 0.717) is 6.61 Å². The molecule has 1 aliphatic rings. The van der Waals surface area contributed by atoms with E-state index in [2.05, 4.69) is 20.2 Å². The summed E-state index contributed by atoms with van der Waals surface area (Å²) in [7, 11) is 0. The third-order valence-electron chi connectivity index (χ3n) is 4.65. The fourth-order valence-electron chi connectivity index (χ4n) is 3.08. The van der Waals surface area contributed by atoms with Gasteiger partial charge in [-0.3, -0.25) is 9.78 Å². The van der Waals surface area contributed by atoms with Crippen LogP contribution in [0.4, 0.5) is 5.82 Å². The molecule has 26 heavy (non-hydrogen) atoms. The van der Waals surface area contributed by atoms with Gasteiger partial charge in [0.25, 0.3) is 0 Å². The number of carbonyl (C=O) groups is 1. The number of anilines is 1. The number of hydrogen-bond acceptors (Lipinski definition) is 5. The standard InChI is InChI=1S/C20H26N4O2/c1-15-3-5-18(6-4-15)26-14-16(2)23-20(25)17-7-11-24(12-8-17)19-13-21-9-10-22-19/h3-6,9-10,13,16-17H,7-8,11-12,14H2,1-2H3,(H,23,25). The fourth-order valence-corrected chi connectivity index (χ4v) is 3.08. The normalized spacial score (nSPS) is 16.2. The number of benzene rings is 1. The Balaban J connectivity index is 1.41. The molecule has 0 radical (unpaired) electrons. The second-order valence-corrected chi connectivity index (χ2v) is 6.86. The molecule has 1 aliphatic heterocycles. The molecule has 1 unspecified atom stereocenters. The highest BCUT2D eigenvalue weighted by molar-refractivity contribution is 5.79. The summed E-state index contributed by atoms with van der Waals surface area (Å²) >= 11 is 0. The molecular formula is C20H26N4O2. The number of amides is 1. The zero-order chi connectivity index (χ0) is 18.4. The van der Waals surface area contributed by atoms with Gasteiger partial charge in [0.05, 0.1) is 12.2 Å². The van der Waals surface area contributed by atoms with Crippen molar-refractivity contribution in [1.29, 1.82) is 0 Å². The molecule has 0 aliphatic carbocycles. The van der Waals surface area contributed by atoms with Crippen LogP contribution in [0.3, 0.4) is 0 Å². The first kappa shape index (κ1) is 18.2. The van der Waals surface area contributed by atoms with Crippen LogP contribution in [0.25, 0.3) is 0 Å². The van der Waals surface area contributed by atoms with Crippen molar-refractivity contribution in [3.8, 4) is 5.75 Å². The minimum Gasteiger partial charge on any atom is -0.491 e. The molecule has 3 rings (SSSR count). The van der Waals surface area contributed by atoms with Gasteiger partial charge in [-0.15, -0.1) is 0 Å². The van der Waals surface area contributed by atoms with E-state index < -0.39 is 0 Å². The van der Waals surface area contributed by atoms with Gasteiger partial charge in [-0.2, -0.15) is 0 Å². The number of aryl methyl sites for hydroxylation is 1. The van der Waals surface area contributed by atoms with Crippen LogP contribution in [0.1, 0.15) is 25.3 Å². The van der Waals surface area contributed by atoms with E-state index in [1.165, 1.54) is 5.56 Å². The van der Waals surface area contributed by atoms with Crippen LogP contribution >= 0.6 is 0 Å². The minimum atomic E-state index is -0.0261. The van der Waals surface area contributed by atoms with Gasteiger partial charge in [-0.1, -0.05) is 17.7 Å². The summed E-state index contributed by atoms with van der Waals surface area (Å²) in [5.41, 5.74) is 1.20. The third-order valence-corrected chi connectivity index (χ3v) is 4.65. The maximum atomic E-state index is 12.5. The van der Waals surface area contributed by atoms with Gasteiger partial charge in [0.1, 0.15) is 18.2 Å². The molecule has 1 fully saturated rings. The molecule has 6 heteroatoms. The van der Waals surface area contributed by atoms with Gasteiger partial charge in [-0.25, -0.2) is 4.98 Å². The molecule has 1 aromatic carbocycles. The largest absolute Gasteiger partial charge is 0.491 e. The van der Waals surface area contributed by atoms with E-state index >= 15 is 0 Å². The number of ether oxygens (including phenoxy) is 1. The lowest BCUT2D eigenvalue weighted by atomic mass is 9.95. The van der Waals surface area contributed by atoms with Gasteiger partial charge in [0, 0.05) is 31.4 Å². The number of carbonyl (C=O) groups excluding carboxylic acids is 1. The van der Waals surface area contributed by atoms with Crippen LogP contribution in [0.15, 0.2) is 42.9 Å². The molecule has 1 saturated heterocycles. The summed E-state index contributed by atoms with van der Waals surface area (Å²) in [5.74, 6) is 1.87. The predicted molar refractivity (Wildman–Crippen MR) is 101 cm³/mol. The third kappa shape index (κ3) is 4.94. The Kier molecular flexibility index (Phi) is 6.04. The van der Waals surface area contributed by atoms with Crippen molar-refractivity contribution in [3.05, 3.63) is 48.4 Å². The molecule has 1 aromatic heterocycles. The minimum absolute atomic E-state index is 0.0261. The van der Waals surface area contributed by atoms with Gasteiger partial charge in [0.2, 0.25) is 5.91 Å². The van der Waals surface area contributed by atoms with E-state index in [4.69, 9.17) is 4.74 Å². The van der Waals surface area contributed by atoms with Crippen molar-refractivity contribution in [3.63, 3.8) is 0 Å². The van der Waals surface area contributed by atoms with Crippen LogP contribution in [0, 0.1) is 12.8 Å². The van der Waals surface area contributed by atoms with E-state index in [0.717, 1.165) is 37.5 Å². The summed E-state index contributed by atoms with van der Waals surface area (Å²) in [6, 6.07) is 7.91. The summed E-state index contributed by atoms with van der Waals surface area (Å²) in [4.78, 5) is 23.1. The molecule has 1 atom stereocenters. The zero-order valence-electron chi connectivity index (χ0n) is 15.4. The monoisotopic (exact) mass is 354 g/mol. The van der Waals surface area contributed by atoms with Crippen LogP contribution in [0.5, 0.6) is 5.75 Å². The lowest BCUT2D eigenvalue weighted by Gasteiger charge is -2.32. The number of nitrogens with one attached hydrogen (secondary N) is 1. The number of hydrogen-bond donors (Lipinski definition) is 1. The number of aromatic nitrogens is 2. The second-order valence-electron chi connectivity index (χ2n) is 6.86. The van der Waals surface area contributed by atoms with Gasteiger partial charge in [0.15, 0.2) is 0 Å². The maximum absolute atomic E-state index is 12.5. The van der Waals surface area contributed by atoms with Gasteiger partial charge < -0.3 is 15.0 Å². The molecule has 6 nitrogen and oxygen atoms in total. The quantitative estimate of drug-likeness (QED) is 0.864. The van der Waals surface area contributed by atoms with Crippen molar-refractivity contribution in [1.82, 2.24) is 15.3 Å². The number of piperidine rings is 1. The Hall–Kier alpha value is -2.63. The van der Waals surface area contributed by atoms with Crippen molar-refractivity contribution < 1.29 is 9.53 Å². The Morgan fingerprint density at radius 2 is 2.00 bits per heavy atom. The first-order valence-electron chi connectivity index (χ1n) is 9.12. The van der Waals surface area contributed by atoms with Gasteiger partial charge >= 0.3 is 0 Å². The lowest BCUT2D eigenvalue weighted by Crippen LogP contribution is -2.44. The molecule has 0 bridgehead atoms. The molecule has 138 valence electrons. The highest BCUT2D eigenvalue weighted by Gasteiger charge is 2.26. The summed E-state index contributed by atoms with van der Waals surface area (Å²) in [5, 5.41) is 3.08. The molecule has 2 heterocycles. The molecular weight excluding hydrogens is 328 g/mol. The molecule has 0 saturated carbocycles. The van der Waals surface area contributed by atoms with E-state index in [1.807, 2.05) is 38.1 Å². The van der Waals surface area contributed by atoms with Crippen molar-refractivity contribution >= 4 is 11.7 Å². The van der Waals surface area contributed by atoms with Crippen LogP contribution in [-0.4, -0.2) is 41.6 Å². The smallest absolute Gasteiger partial charge is 0.223 e.